The van der Waals surface area contributed by atoms with Gasteiger partial charge in [-0.15, -0.1) is 0 Å². The van der Waals surface area contributed by atoms with Crippen LogP contribution < -0.4 is 4.90 Å². The number of carbonyl (C=O) groups excluding carboxylic acids is 2. The Balaban J connectivity index is 1.96. The van der Waals surface area contributed by atoms with Crippen molar-refractivity contribution in [2.75, 3.05) is 18.0 Å². The largest absolute Gasteiger partial charge is 0.369 e. The lowest BCUT2D eigenvalue weighted by Gasteiger charge is -2.47. The van der Waals surface area contributed by atoms with E-state index >= 15 is 0 Å². The summed E-state index contributed by atoms with van der Waals surface area (Å²) in [6.07, 6.45) is 2.65. The molecule has 1 aromatic rings. The number of fused-ring (bicyclic) bond motifs is 2. The highest BCUT2D eigenvalue weighted by molar-refractivity contribution is 6.09. The van der Waals surface area contributed by atoms with E-state index in [1.807, 2.05) is 18.2 Å². The Morgan fingerprint density at radius 1 is 1.32 bits per heavy atom. The molecule has 0 N–H and O–H groups in total. The summed E-state index contributed by atoms with van der Waals surface area (Å²) in [5.41, 5.74) is 0.379. The number of anilines is 1. The van der Waals surface area contributed by atoms with E-state index in [-0.39, 0.29) is 17.5 Å². The van der Waals surface area contributed by atoms with E-state index in [1.165, 1.54) is 0 Å². The van der Waals surface area contributed by atoms with Gasteiger partial charge < -0.3 is 4.90 Å². The van der Waals surface area contributed by atoms with Crippen molar-refractivity contribution in [3.8, 4) is 0 Å². The minimum Gasteiger partial charge on any atom is -0.369 e. The molecule has 1 saturated heterocycles. The molecule has 1 saturated carbocycles. The van der Waals surface area contributed by atoms with Crippen LogP contribution >= 0.6 is 0 Å². The lowest BCUT2D eigenvalue weighted by atomic mass is 9.63. The van der Waals surface area contributed by atoms with Crippen molar-refractivity contribution < 1.29 is 9.59 Å². The zero-order valence-electron chi connectivity index (χ0n) is 11.3. The zero-order chi connectivity index (χ0) is 13.5. The lowest BCUT2D eigenvalue weighted by Crippen LogP contribution is -2.59. The van der Waals surface area contributed by atoms with E-state index < -0.39 is 5.41 Å². The van der Waals surface area contributed by atoms with Crippen LogP contribution in [0.25, 0.3) is 0 Å². The fourth-order valence-corrected chi connectivity index (χ4v) is 3.58. The van der Waals surface area contributed by atoms with Crippen molar-refractivity contribution in [3.05, 3.63) is 30.3 Å². The maximum atomic E-state index is 12.5. The van der Waals surface area contributed by atoms with Crippen molar-refractivity contribution in [1.82, 2.24) is 0 Å². The predicted molar refractivity (Wildman–Crippen MR) is 74.1 cm³/mol. The summed E-state index contributed by atoms with van der Waals surface area (Å²) in [6, 6.07) is 10.1. The van der Waals surface area contributed by atoms with E-state index in [4.69, 9.17) is 0 Å². The Labute approximate surface area is 113 Å². The molecule has 1 aliphatic heterocycles. The second kappa shape index (κ2) is 4.48. The van der Waals surface area contributed by atoms with Gasteiger partial charge >= 0.3 is 0 Å². The SMILES string of the molecule is CC(=O)[C@@]12CCC[C@@H](CN(c3ccccc3)C1)C2=O. The van der Waals surface area contributed by atoms with Crippen LogP contribution in [0.1, 0.15) is 26.2 Å². The Morgan fingerprint density at radius 2 is 2.05 bits per heavy atom. The summed E-state index contributed by atoms with van der Waals surface area (Å²) >= 11 is 0. The van der Waals surface area contributed by atoms with E-state index in [2.05, 4.69) is 17.0 Å². The molecule has 2 atom stereocenters. The van der Waals surface area contributed by atoms with Crippen molar-refractivity contribution in [1.29, 1.82) is 0 Å². The summed E-state index contributed by atoms with van der Waals surface area (Å²) in [7, 11) is 0. The molecular formula is C16H19NO2. The molecule has 100 valence electrons. The lowest BCUT2D eigenvalue weighted by molar-refractivity contribution is -0.146. The first-order valence-corrected chi connectivity index (χ1v) is 6.99. The average molecular weight is 257 g/mol. The monoisotopic (exact) mass is 257 g/mol. The van der Waals surface area contributed by atoms with Crippen LogP contribution in [-0.2, 0) is 9.59 Å². The number of Topliss-reactive ketones (excluding diaryl/α,β-unsaturated/α-hetero) is 2. The molecule has 0 amide bonds. The summed E-state index contributed by atoms with van der Waals surface area (Å²) in [5.74, 6) is 0.271. The number of nitrogens with zero attached hydrogens (tertiary/aromatic N) is 1. The maximum Gasteiger partial charge on any atom is 0.153 e. The second-order valence-electron chi connectivity index (χ2n) is 5.81. The van der Waals surface area contributed by atoms with Crippen molar-refractivity contribution in [2.24, 2.45) is 11.3 Å². The van der Waals surface area contributed by atoms with Gasteiger partial charge in [0.1, 0.15) is 11.2 Å². The van der Waals surface area contributed by atoms with Gasteiger partial charge in [0.25, 0.3) is 0 Å². The number of carbonyl (C=O) groups is 2. The Kier molecular flexibility index (Phi) is 2.92. The third kappa shape index (κ3) is 1.88. The first-order valence-electron chi connectivity index (χ1n) is 6.99. The number of rotatable bonds is 2. The summed E-state index contributed by atoms with van der Waals surface area (Å²) in [6.45, 7) is 2.90. The summed E-state index contributed by atoms with van der Waals surface area (Å²) in [4.78, 5) is 26.8. The van der Waals surface area contributed by atoms with Gasteiger partial charge in [-0.3, -0.25) is 9.59 Å². The van der Waals surface area contributed by atoms with E-state index in [9.17, 15) is 9.59 Å². The molecule has 1 aliphatic carbocycles. The molecule has 3 heteroatoms. The molecule has 2 bridgehead atoms. The quantitative estimate of drug-likeness (QED) is 0.764. The molecule has 2 fully saturated rings. The first kappa shape index (κ1) is 12.4. The number of piperidine rings is 1. The number of para-hydroxylation sites is 1. The summed E-state index contributed by atoms with van der Waals surface area (Å²) < 4.78 is 0. The number of hydrogen-bond donors (Lipinski definition) is 0. The number of hydrogen-bond acceptors (Lipinski definition) is 3. The minimum absolute atomic E-state index is 0.0339. The highest BCUT2D eigenvalue weighted by atomic mass is 16.2. The smallest absolute Gasteiger partial charge is 0.153 e. The maximum absolute atomic E-state index is 12.5. The standard InChI is InChI=1S/C16H19NO2/c1-12(18)16-9-5-6-13(15(16)19)10-17(11-16)14-7-3-2-4-8-14/h2-4,7-8,13H,5-6,9-11H2,1H3/t13-,16+/m0/s1. The van der Waals surface area contributed by atoms with Crippen molar-refractivity contribution >= 4 is 17.3 Å². The predicted octanol–water partition coefficient (Wildman–Crippen LogP) is 2.45. The first-order chi connectivity index (χ1) is 9.13. The Morgan fingerprint density at radius 3 is 2.74 bits per heavy atom. The van der Waals surface area contributed by atoms with Crippen LogP contribution in [0.3, 0.4) is 0 Å². The Hall–Kier alpha value is -1.64. The highest BCUT2D eigenvalue weighted by Crippen LogP contribution is 2.43. The molecule has 0 spiro atoms. The molecule has 3 nitrogen and oxygen atoms in total. The van der Waals surface area contributed by atoms with Crippen LogP contribution in [0.15, 0.2) is 30.3 Å². The summed E-state index contributed by atoms with van der Waals surface area (Å²) in [5, 5.41) is 0. The third-order valence-electron chi connectivity index (χ3n) is 4.70. The van der Waals surface area contributed by atoms with E-state index in [0.29, 0.717) is 6.54 Å². The highest BCUT2D eigenvalue weighted by Gasteiger charge is 2.52. The molecule has 0 aromatic heterocycles. The Bertz CT molecular complexity index is 511. The van der Waals surface area contributed by atoms with Gasteiger partial charge in [-0.2, -0.15) is 0 Å². The third-order valence-corrected chi connectivity index (χ3v) is 4.70. The minimum atomic E-state index is -0.739. The van der Waals surface area contributed by atoms with Gasteiger partial charge in [-0.05, 0) is 31.9 Å². The fraction of sp³-hybridized carbons (Fsp3) is 0.500. The molecule has 0 unspecified atom stereocenters. The number of benzene rings is 1. The van der Waals surface area contributed by atoms with E-state index in [0.717, 1.165) is 31.5 Å². The molecule has 0 radical (unpaired) electrons. The van der Waals surface area contributed by atoms with E-state index in [1.54, 1.807) is 6.92 Å². The molecule has 1 aromatic carbocycles. The van der Waals surface area contributed by atoms with Crippen LogP contribution in [0.5, 0.6) is 0 Å². The van der Waals surface area contributed by atoms with Crippen LogP contribution in [0.4, 0.5) is 5.69 Å². The van der Waals surface area contributed by atoms with Gasteiger partial charge in [-0.1, -0.05) is 24.6 Å². The van der Waals surface area contributed by atoms with Crippen molar-refractivity contribution in [3.63, 3.8) is 0 Å². The van der Waals surface area contributed by atoms with Crippen LogP contribution in [-0.4, -0.2) is 24.7 Å². The van der Waals surface area contributed by atoms with Gasteiger partial charge in [0.05, 0.1) is 0 Å². The topological polar surface area (TPSA) is 37.4 Å². The van der Waals surface area contributed by atoms with Crippen LogP contribution in [0, 0.1) is 11.3 Å². The second-order valence-corrected chi connectivity index (χ2v) is 5.81. The van der Waals surface area contributed by atoms with Gasteiger partial charge in [-0.25, -0.2) is 0 Å². The molecule has 1 heterocycles. The fourth-order valence-electron chi connectivity index (χ4n) is 3.58. The van der Waals surface area contributed by atoms with Crippen molar-refractivity contribution in [2.45, 2.75) is 26.2 Å². The van der Waals surface area contributed by atoms with Gasteiger partial charge in [0.2, 0.25) is 0 Å². The van der Waals surface area contributed by atoms with Gasteiger partial charge in [0, 0.05) is 24.7 Å². The molecular weight excluding hydrogens is 238 g/mol. The molecule has 3 rings (SSSR count). The normalized spacial score (nSPS) is 30.3. The molecule has 2 aliphatic rings. The van der Waals surface area contributed by atoms with Gasteiger partial charge in [0.15, 0.2) is 5.78 Å². The average Bonchev–Trinajstić information content (AvgIpc) is 2.39. The number of ketones is 2. The molecule has 19 heavy (non-hydrogen) atoms. The zero-order valence-corrected chi connectivity index (χ0v) is 11.3. The van der Waals surface area contributed by atoms with Crippen LogP contribution in [0.2, 0.25) is 0 Å².